The largest absolute Gasteiger partial charge is 0.497 e. The zero-order valence-corrected chi connectivity index (χ0v) is 25.1. The SMILES string of the molecule is CC[C@@H](C)NC(=O)[C@@H](C)N(Cc1ccccc1Cl)C(=O)CN(c1ccc(Cl)cc1)S(=O)(=O)c1ccc(OC)cc1. The van der Waals surface area contributed by atoms with Crippen molar-refractivity contribution < 1.29 is 22.7 Å². The van der Waals surface area contributed by atoms with E-state index in [1.807, 2.05) is 13.8 Å². The molecule has 2 atom stereocenters. The lowest BCUT2D eigenvalue weighted by Crippen LogP contribution is -2.52. The maximum Gasteiger partial charge on any atom is 0.264 e. The highest BCUT2D eigenvalue weighted by Crippen LogP contribution is 2.27. The van der Waals surface area contributed by atoms with Gasteiger partial charge in [-0.25, -0.2) is 8.42 Å². The van der Waals surface area contributed by atoms with Crippen molar-refractivity contribution in [2.75, 3.05) is 18.0 Å². The maximum absolute atomic E-state index is 13.9. The van der Waals surface area contributed by atoms with E-state index in [-0.39, 0.29) is 29.1 Å². The van der Waals surface area contributed by atoms with Crippen molar-refractivity contribution in [1.82, 2.24) is 10.2 Å². The minimum absolute atomic E-state index is 0.00460. The van der Waals surface area contributed by atoms with E-state index in [1.54, 1.807) is 43.3 Å². The summed E-state index contributed by atoms with van der Waals surface area (Å²) in [6, 6.07) is 18.0. The van der Waals surface area contributed by atoms with Crippen molar-refractivity contribution in [2.24, 2.45) is 0 Å². The smallest absolute Gasteiger partial charge is 0.264 e. The molecule has 0 aliphatic carbocycles. The summed E-state index contributed by atoms with van der Waals surface area (Å²) in [6.45, 7) is 4.86. The van der Waals surface area contributed by atoms with Crippen molar-refractivity contribution >= 4 is 50.7 Å². The van der Waals surface area contributed by atoms with Gasteiger partial charge < -0.3 is 15.0 Å². The number of benzene rings is 3. The Morgan fingerprint density at radius 2 is 1.57 bits per heavy atom. The molecule has 1 N–H and O–H groups in total. The number of carbonyl (C=O) groups is 2. The molecule has 0 aromatic heterocycles. The molecule has 3 aromatic rings. The topological polar surface area (TPSA) is 96.0 Å². The van der Waals surface area contributed by atoms with E-state index < -0.39 is 28.5 Å². The normalized spacial score (nSPS) is 12.8. The van der Waals surface area contributed by atoms with Gasteiger partial charge in [0.05, 0.1) is 17.7 Å². The van der Waals surface area contributed by atoms with Gasteiger partial charge in [0, 0.05) is 22.6 Å². The van der Waals surface area contributed by atoms with Gasteiger partial charge >= 0.3 is 0 Å². The van der Waals surface area contributed by atoms with Gasteiger partial charge in [0.1, 0.15) is 18.3 Å². The molecule has 3 rings (SSSR count). The number of amides is 2. The number of nitrogens with zero attached hydrogens (tertiary/aromatic N) is 2. The molecular formula is C29H33Cl2N3O5S. The molecule has 214 valence electrons. The minimum Gasteiger partial charge on any atom is -0.497 e. The molecule has 0 radical (unpaired) electrons. The average Bonchev–Trinajstić information content (AvgIpc) is 2.95. The summed E-state index contributed by atoms with van der Waals surface area (Å²) in [6.07, 6.45) is 0.710. The summed E-state index contributed by atoms with van der Waals surface area (Å²) in [5.74, 6) is -0.454. The third-order valence-electron chi connectivity index (χ3n) is 6.51. The van der Waals surface area contributed by atoms with Crippen LogP contribution in [0.5, 0.6) is 5.75 Å². The summed E-state index contributed by atoms with van der Waals surface area (Å²) in [7, 11) is -2.73. The number of methoxy groups -OCH3 is 1. The molecule has 0 aliphatic rings. The predicted molar refractivity (Wildman–Crippen MR) is 158 cm³/mol. The number of rotatable bonds is 12. The first kappa shape index (κ1) is 31.3. The van der Waals surface area contributed by atoms with Gasteiger partial charge in [-0.3, -0.25) is 13.9 Å². The first-order valence-electron chi connectivity index (χ1n) is 12.7. The molecular weight excluding hydrogens is 573 g/mol. The number of carbonyl (C=O) groups excluding carboxylic acids is 2. The Labute approximate surface area is 245 Å². The molecule has 0 fully saturated rings. The first-order chi connectivity index (χ1) is 19.0. The van der Waals surface area contributed by atoms with Gasteiger partial charge in [-0.15, -0.1) is 0 Å². The number of nitrogens with one attached hydrogen (secondary N) is 1. The summed E-state index contributed by atoms with van der Waals surface area (Å²) in [5.41, 5.74) is 0.861. The Morgan fingerprint density at radius 3 is 2.15 bits per heavy atom. The Balaban J connectivity index is 2.03. The molecule has 0 heterocycles. The minimum atomic E-state index is -4.21. The third kappa shape index (κ3) is 7.68. The van der Waals surface area contributed by atoms with Crippen LogP contribution in [0.15, 0.2) is 77.7 Å². The van der Waals surface area contributed by atoms with Crippen LogP contribution < -0.4 is 14.4 Å². The van der Waals surface area contributed by atoms with Crippen LogP contribution >= 0.6 is 23.2 Å². The number of sulfonamides is 1. The van der Waals surface area contributed by atoms with E-state index in [1.165, 1.54) is 48.4 Å². The van der Waals surface area contributed by atoms with Crippen LogP contribution in [0.4, 0.5) is 5.69 Å². The van der Waals surface area contributed by atoms with Crippen LogP contribution in [0.1, 0.15) is 32.8 Å². The van der Waals surface area contributed by atoms with Crippen LogP contribution in [0, 0.1) is 0 Å². The predicted octanol–water partition coefficient (Wildman–Crippen LogP) is 5.53. The number of halogens is 2. The fourth-order valence-corrected chi connectivity index (χ4v) is 5.60. The summed E-state index contributed by atoms with van der Waals surface area (Å²) < 4.78 is 33.9. The highest BCUT2D eigenvalue weighted by atomic mass is 35.5. The molecule has 2 amide bonds. The van der Waals surface area contributed by atoms with Crippen molar-refractivity contribution in [3.8, 4) is 5.75 Å². The molecule has 0 unspecified atom stereocenters. The van der Waals surface area contributed by atoms with Crippen LogP contribution in [-0.2, 0) is 26.2 Å². The van der Waals surface area contributed by atoms with Gasteiger partial charge in [0.15, 0.2) is 0 Å². The van der Waals surface area contributed by atoms with Crippen LogP contribution in [0.25, 0.3) is 0 Å². The Hall–Kier alpha value is -3.27. The Kier molecular flexibility index (Phi) is 10.8. The van der Waals surface area contributed by atoms with Gasteiger partial charge in [-0.05, 0) is 80.4 Å². The lowest BCUT2D eigenvalue weighted by Gasteiger charge is -2.32. The number of ether oxygens (including phenoxy) is 1. The molecule has 3 aromatic carbocycles. The molecule has 0 aliphatic heterocycles. The summed E-state index contributed by atoms with van der Waals surface area (Å²) in [5, 5.41) is 3.73. The van der Waals surface area contributed by atoms with Crippen LogP contribution in [0.3, 0.4) is 0 Å². The maximum atomic E-state index is 13.9. The van der Waals surface area contributed by atoms with Crippen LogP contribution in [0.2, 0.25) is 10.0 Å². The lowest BCUT2D eigenvalue weighted by atomic mass is 10.1. The van der Waals surface area contributed by atoms with Crippen LogP contribution in [-0.4, -0.2) is 50.9 Å². The zero-order valence-electron chi connectivity index (χ0n) is 22.8. The second-order valence-corrected chi connectivity index (χ2v) is 12.0. The molecule has 8 nitrogen and oxygen atoms in total. The van der Waals surface area contributed by atoms with Gasteiger partial charge in [0.2, 0.25) is 11.8 Å². The van der Waals surface area contributed by atoms with Gasteiger partial charge in [0.25, 0.3) is 10.0 Å². The lowest BCUT2D eigenvalue weighted by molar-refractivity contribution is -0.139. The quantitative estimate of drug-likeness (QED) is 0.293. The van der Waals surface area contributed by atoms with E-state index in [2.05, 4.69) is 5.32 Å². The van der Waals surface area contributed by atoms with Crippen molar-refractivity contribution in [3.05, 3.63) is 88.4 Å². The monoisotopic (exact) mass is 605 g/mol. The van der Waals surface area contributed by atoms with E-state index in [0.717, 1.165) is 4.31 Å². The van der Waals surface area contributed by atoms with E-state index >= 15 is 0 Å². The average molecular weight is 607 g/mol. The zero-order chi connectivity index (χ0) is 29.4. The molecule has 0 spiro atoms. The highest BCUT2D eigenvalue weighted by molar-refractivity contribution is 7.92. The Bertz CT molecular complexity index is 1420. The number of anilines is 1. The van der Waals surface area contributed by atoms with E-state index in [9.17, 15) is 18.0 Å². The number of hydrogen-bond acceptors (Lipinski definition) is 5. The summed E-state index contributed by atoms with van der Waals surface area (Å²) >= 11 is 12.4. The van der Waals surface area contributed by atoms with Gasteiger partial charge in [-0.2, -0.15) is 0 Å². The fraction of sp³-hybridized carbons (Fsp3) is 0.310. The first-order valence-corrected chi connectivity index (χ1v) is 14.9. The fourth-order valence-electron chi connectivity index (χ4n) is 3.87. The summed E-state index contributed by atoms with van der Waals surface area (Å²) in [4.78, 5) is 28.4. The second-order valence-electron chi connectivity index (χ2n) is 9.27. The standard InChI is InChI=1S/C29H33Cl2N3O5S/c1-5-20(2)32-29(36)21(3)33(18-22-8-6-7-9-27(22)31)28(35)19-34(24-12-10-23(30)11-13-24)40(37,38)26-16-14-25(39-4)15-17-26/h6-17,20-21H,5,18-19H2,1-4H3,(H,32,36)/t20-,21-/m1/s1. The van der Waals surface area contributed by atoms with Crippen molar-refractivity contribution in [1.29, 1.82) is 0 Å². The highest BCUT2D eigenvalue weighted by Gasteiger charge is 2.33. The molecule has 11 heteroatoms. The molecule has 40 heavy (non-hydrogen) atoms. The van der Waals surface area contributed by atoms with Crippen molar-refractivity contribution in [3.63, 3.8) is 0 Å². The Morgan fingerprint density at radius 1 is 0.950 bits per heavy atom. The van der Waals surface area contributed by atoms with Crippen molar-refractivity contribution in [2.45, 2.75) is 50.7 Å². The second kappa shape index (κ2) is 13.9. The number of hydrogen-bond donors (Lipinski definition) is 1. The molecule has 0 saturated carbocycles. The van der Waals surface area contributed by atoms with Gasteiger partial charge in [-0.1, -0.05) is 48.3 Å². The van der Waals surface area contributed by atoms with E-state index in [4.69, 9.17) is 27.9 Å². The molecule has 0 saturated heterocycles. The molecule has 0 bridgehead atoms. The third-order valence-corrected chi connectivity index (χ3v) is 8.92. The van der Waals surface area contributed by atoms with E-state index in [0.29, 0.717) is 27.8 Å².